The highest BCUT2D eigenvalue weighted by molar-refractivity contribution is 5.67. The first-order chi connectivity index (χ1) is 7.75. The molecule has 0 saturated heterocycles. The van der Waals surface area contributed by atoms with Gasteiger partial charge >= 0.3 is 0 Å². The van der Waals surface area contributed by atoms with Crippen molar-refractivity contribution < 1.29 is 6.85 Å². The number of aryl methyl sites for hydroxylation is 1. The molecule has 5 heteroatoms. The number of fused-ring (bicyclic) bond motifs is 1. The van der Waals surface area contributed by atoms with Crippen molar-refractivity contribution in [1.29, 1.82) is 5.41 Å². The van der Waals surface area contributed by atoms with Crippen LogP contribution in [0.2, 0.25) is 0 Å². The monoisotopic (exact) mass is 168 g/mol. The van der Waals surface area contributed by atoms with E-state index in [2.05, 4.69) is 15.0 Å². The van der Waals surface area contributed by atoms with Gasteiger partial charge in [-0.05, 0) is 6.85 Å². The van der Waals surface area contributed by atoms with Crippen LogP contribution in [0.1, 0.15) is 13.7 Å². The van der Waals surface area contributed by atoms with Gasteiger partial charge in [0.05, 0.1) is 12.7 Å². The number of H-pyrrole nitrogens is 1. The van der Waals surface area contributed by atoms with Crippen LogP contribution in [0.5, 0.6) is 0 Å². The fraction of sp³-hybridized carbons (Fsp3) is 0.286. The Morgan fingerprint density at radius 1 is 1.83 bits per heavy atom. The molecule has 2 aromatic heterocycles. The van der Waals surface area contributed by atoms with Crippen molar-refractivity contribution in [2.45, 2.75) is 13.3 Å². The zero-order valence-corrected chi connectivity index (χ0v) is 6.00. The van der Waals surface area contributed by atoms with Crippen molar-refractivity contribution in [1.82, 2.24) is 19.5 Å². The van der Waals surface area contributed by atoms with Crippen molar-refractivity contribution in [3.8, 4) is 0 Å². The maximum atomic E-state index is 7.62. The summed E-state index contributed by atoms with van der Waals surface area (Å²) in [4.78, 5) is 10.1. The van der Waals surface area contributed by atoms with Crippen molar-refractivity contribution in [3.05, 3.63) is 18.1 Å². The molecule has 0 unspecified atom stereocenters. The zero-order valence-electron chi connectivity index (χ0n) is 11.0. The van der Waals surface area contributed by atoms with Crippen LogP contribution in [0.25, 0.3) is 11.2 Å². The lowest BCUT2D eigenvalue weighted by Crippen LogP contribution is -2.11. The summed E-state index contributed by atoms with van der Waals surface area (Å²) < 4.78 is 37.6. The summed E-state index contributed by atoms with van der Waals surface area (Å²) in [5.41, 5.74) is 0.127. The molecule has 0 aliphatic carbocycles. The summed E-state index contributed by atoms with van der Waals surface area (Å²) in [6.45, 7) is -5.49. The molecule has 0 amide bonds. The number of nitrogens with one attached hydrogen (secondary N) is 2. The molecule has 0 radical (unpaired) electrons. The van der Waals surface area contributed by atoms with E-state index >= 15 is 0 Å². The van der Waals surface area contributed by atoms with E-state index in [0.717, 1.165) is 10.9 Å². The summed E-state index contributed by atoms with van der Waals surface area (Å²) in [5, 5.41) is 7.48. The number of hydrogen-bond acceptors (Lipinski definition) is 3. The van der Waals surface area contributed by atoms with Gasteiger partial charge in [-0.1, -0.05) is 0 Å². The van der Waals surface area contributed by atoms with E-state index < -0.39 is 13.3 Å². The molecule has 2 aromatic rings. The zero-order chi connectivity index (χ0) is 12.8. The van der Waals surface area contributed by atoms with E-state index in [1.54, 1.807) is 0 Å². The van der Waals surface area contributed by atoms with Crippen LogP contribution >= 0.6 is 0 Å². The van der Waals surface area contributed by atoms with E-state index in [9.17, 15) is 0 Å². The number of rotatable bonds is 1. The quantitative estimate of drug-likeness (QED) is 0.641. The summed E-state index contributed by atoms with van der Waals surface area (Å²) in [6, 6.07) is 0. The molecule has 2 heterocycles. The van der Waals surface area contributed by atoms with Gasteiger partial charge in [-0.25, -0.2) is 9.97 Å². The highest BCUT2D eigenvalue weighted by Gasteiger charge is 2.01. The van der Waals surface area contributed by atoms with Crippen LogP contribution in [0.3, 0.4) is 0 Å². The Labute approximate surface area is 75.6 Å². The maximum absolute atomic E-state index is 7.62. The van der Waals surface area contributed by atoms with E-state index in [-0.39, 0.29) is 16.7 Å². The minimum Gasteiger partial charge on any atom is -0.340 e. The van der Waals surface area contributed by atoms with Crippen LogP contribution in [0, 0.1) is 5.41 Å². The first-order valence-corrected chi connectivity index (χ1v) is 3.21. The SMILES string of the molecule is [2H]C([2H])([2H])C([2H])([2H])n1cnc(=N)c2[nH]cnc21. The number of nitrogens with zero attached hydrogens (tertiary/aromatic N) is 3. The maximum Gasteiger partial charge on any atom is 0.173 e. The molecule has 5 nitrogen and oxygen atoms in total. The Morgan fingerprint density at radius 2 is 2.75 bits per heavy atom. The topological polar surface area (TPSA) is 70.3 Å². The Kier molecular flexibility index (Phi) is 0.688. The van der Waals surface area contributed by atoms with Crippen molar-refractivity contribution >= 4 is 11.2 Å². The van der Waals surface area contributed by atoms with Gasteiger partial charge < -0.3 is 9.55 Å². The van der Waals surface area contributed by atoms with E-state index in [1.807, 2.05) is 0 Å². The Morgan fingerprint density at radius 3 is 3.58 bits per heavy atom. The first-order valence-electron chi connectivity index (χ1n) is 5.71. The molecular formula is C7H9N5. The molecule has 0 bridgehead atoms. The minimum atomic E-state index is -2.85. The van der Waals surface area contributed by atoms with Crippen LogP contribution in [-0.4, -0.2) is 19.5 Å². The second kappa shape index (κ2) is 2.44. The molecule has 0 aromatic carbocycles. The van der Waals surface area contributed by atoms with Crippen molar-refractivity contribution in [2.75, 3.05) is 0 Å². The third-order valence-electron chi connectivity index (χ3n) is 1.51. The smallest absolute Gasteiger partial charge is 0.173 e. The number of aromatic amines is 1. The fourth-order valence-corrected chi connectivity index (χ4v) is 0.961. The molecule has 0 fully saturated rings. The normalized spacial score (nSPS) is 19.2. The first kappa shape index (κ1) is 3.38. The van der Waals surface area contributed by atoms with Gasteiger partial charge in [0.2, 0.25) is 0 Å². The molecule has 2 rings (SSSR count). The van der Waals surface area contributed by atoms with Gasteiger partial charge in [-0.15, -0.1) is 0 Å². The summed E-state index contributed by atoms with van der Waals surface area (Å²) in [6.07, 6.45) is 2.23. The van der Waals surface area contributed by atoms with Crippen LogP contribution < -0.4 is 5.49 Å². The van der Waals surface area contributed by atoms with Crippen LogP contribution in [0.4, 0.5) is 0 Å². The third-order valence-corrected chi connectivity index (χ3v) is 1.51. The average Bonchev–Trinajstić information content (AvgIpc) is 2.65. The molecule has 0 atom stereocenters. The van der Waals surface area contributed by atoms with E-state index in [0.29, 0.717) is 0 Å². The standard InChI is InChI=1S/C7H9N5/c1-2-12-4-11-6(8)5-7(12)10-3-9-5/h3-4,8H,2H2,1H3,(H,9,10)/i1D3,2D2. The third kappa shape index (κ3) is 0.827. The molecule has 62 valence electrons. The van der Waals surface area contributed by atoms with Gasteiger partial charge in [0.25, 0.3) is 0 Å². The van der Waals surface area contributed by atoms with Gasteiger partial charge in [0.1, 0.15) is 5.52 Å². The van der Waals surface area contributed by atoms with E-state index in [4.69, 9.17) is 12.3 Å². The lowest BCUT2D eigenvalue weighted by molar-refractivity contribution is 0.752. The van der Waals surface area contributed by atoms with Crippen LogP contribution in [-0.2, 0) is 6.50 Å². The number of imidazole rings is 1. The second-order valence-corrected chi connectivity index (χ2v) is 2.18. The number of hydrogen-bond donors (Lipinski definition) is 2. The van der Waals surface area contributed by atoms with Gasteiger partial charge in [0, 0.05) is 13.4 Å². The Bertz CT molecular complexity index is 609. The minimum absolute atomic E-state index is 0.0473. The number of aromatic nitrogens is 4. The molecule has 0 spiro atoms. The largest absolute Gasteiger partial charge is 0.340 e. The van der Waals surface area contributed by atoms with E-state index in [1.165, 1.54) is 6.33 Å². The highest BCUT2D eigenvalue weighted by Crippen LogP contribution is 2.01. The summed E-state index contributed by atoms with van der Waals surface area (Å²) in [5.74, 6) is 0. The summed E-state index contributed by atoms with van der Waals surface area (Å²) in [7, 11) is 0. The lowest BCUT2D eigenvalue weighted by Gasteiger charge is -2.00. The molecular weight excluding hydrogens is 154 g/mol. The Balaban J connectivity index is 2.77. The molecule has 12 heavy (non-hydrogen) atoms. The van der Waals surface area contributed by atoms with Crippen molar-refractivity contribution in [3.63, 3.8) is 0 Å². The predicted octanol–water partition coefficient (Wildman–Crippen LogP) is 0.259. The predicted molar refractivity (Wildman–Crippen MR) is 43.4 cm³/mol. The molecule has 2 N–H and O–H groups in total. The van der Waals surface area contributed by atoms with Gasteiger partial charge in [-0.2, -0.15) is 0 Å². The summed E-state index contributed by atoms with van der Waals surface area (Å²) >= 11 is 0. The Hall–Kier alpha value is -1.65. The average molecular weight is 168 g/mol. The lowest BCUT2D eigenvalue weighted by atomic mass is 10.5. The fourth-order valence-electron chi connectivity index (χ4n) is 0.961. The van der Waals surface area contributed by atoms with Crippen LogP contribution in [0.15, 0.2) is 12.7 Å². The second-order valence-electron chi connectivity index (χ2n) is 2.18. The molecule has 0 saturated carbocycles. The van der Waals surface area contributed by atoms with Gasteiger partial charge in [0.15, 0.2) is 11.1 Å². The van der Waals surface area contributed by atoms with Gasteiger partial charge in [-0.3, -0.25) is 5.41 Å². The molecule has 0 aliphatic rings. The highest BCUT2D eigenvalue weighted by atomic mass is 15.1. The van der Waals surface area contributed by atoms with Crippen molar-refractivity contribution in [2.24, 2.45) is 0 Å². The molecule has 0 aliphatic heterocycles.